The zero-order chi connectivity index (χ0) is 23.4. The van der Waals surface area contributed by atoms with Crippen LogP contribution in [0.4, 0.5) is 0 Å². The van der Waals surface area contributed by atoms with E-state index in [4.69, 9.17) is 9.47 Å². The molecule has 170 valence electrons. The summed E-state index contributed by atoms with van der Waals surface area (Å²) in [7, 11) is 6.93. The van der Waals surface area contributed by atoms with Crippen molar-refractivity contribution in [2.75, 3.05) is 41.4 Å². The molecule has 0 aromatic heterocycles. The number of halogens is 1. The number of hydrogen-bond acceptors (Lipinski definition) is 6. The topological polar surface area (TPSA) is 79.3 Å². The van der Waals surface area contributed by atoms with Crippen LogP contribution in [0.5, 0.6) is 11.5 Å². The average Bonchev–Trinajstić information content (AvgIpc) is 3.03. The van der Waals surface area contributed by atoms with E-state index in [-0.39, 0.29) is 11.3 Å². The van der Waals surface area contributed by atoms with Crippen LogP contribution in [-0.4, -0.2) is 68.0 Å². The fourth-order valence-electron chi connectivity index (χ4n) is 3.88. The van der Waals surface area contributed by atoms with Gasteiger partial charge in [0.05, 0.1) is 25.8 Å². The molecular weight excluding hydrogens is 476 g/mol. The van der Waals surface area contributed by atoms with E-state index in [1.165, 1.54) is 19.1 Å². The van der Waals surface area contributed by atoms with Crippen LogP contribution in [0.25, 0.3) is 5.76 Å². The van der Waals surface area contributed by atoms with Gasteiger partial charge in [0.15, 0.2) is 11.5 Å². The number of carbonyl (C=O) groups excluding carboxylic acids is 2. The summed E-state index contributed by atoms with van der Waals surface area (Å²) in [6, 6.07) is 11.4. The van der Waals surface area contributed by atoms with Crippen LogP contribution < -0.4 is 9.47 Å². The monoisotopic (exact) mass is 502 g/mol. The van der Waals surface area contributed by atoms with Gasteiger partial charge >= 0.3 is 0 Å². The van der Waals surface area contributed by atoms with E-state index in [0.717, 1.165) is 11.0 Å². The second kappa shape index (κ2) is 10.2. The molecular formula is C24H27BrN2O5. The van der Waals surface area contributed by atoms with Crippen molar-refractivity contribution in [3.63, 3.8) is 0 Å². The predicted octanol–water partition coefficient (Wildman–Crippen LogP) is 3.84. The summed E-state index contributed by atoms with van der Waals surface area (Å²) in [5, 5.41) is 11.1. The summed E-state index contributed by atoms with van der Waals surface area (Å²) in [4.78, 5) is 29.7. The zero-order valence-electron chi connectivity index (χ0n) is 18.6. The molecule has 0 saturated carbocycles. The van der Waals surface area contributed by atoms with Gasteiger partial charge in [-0.15, -0.1) is 0 Å². The quantitative estimate of drug-likeness (QED) is 0.335. The van der Waals surface area contributed by atoms with E-state index in [1.807, 2.05) is 19.0 Å². The molecule has 2 aromatic rings. The number of ketones is 1. The normalized spacial score (nSPS) is 17.8. The van der Waals surface area contributed by atoms with E-state index in [1.54, 1.807) is 42.5 Å². The molecule has 0 spiro atoms. The molecule has 1 aliphatic rings. The Kier molecular flexibility index (Phi) is 7.58. The number of rotatable bonds is 8. The van der Waals surface area contributed by atoms with Crippen molar-refractivity contribution in [1.82, 2.24) is 9.80 Å². The van der Waals surface area contributed by atoms with Crippen molar-refractivity contribution >= 4 is 33.4 Å². The summed E-state index contributed by atoms with van der Waals surface area (Å²) in [6.07, 6.45) is 0.668. The number of likely N-dealkylation sites (tertiary alicyclic amines) is 1. The minimum Gasteiger partial charge on any atom is -0.507 e. The van der Waals surface area contributed by atoms with Gasteiger partial charge in [0.25, 0.3) is 11.7 Å². The Morgan fingerprint density at radius 1 is 1.09 bits per heavy atom. The van der Waals surface area contributed by atoms with Gasteiger partial charge in [-0.3, -0.25) is 9.59 Å². The maximum atomic E-state index is 13.1. The van der Waals surface area contributed by atoms with Crippen LogP contribution in [0, 0.1) is 0 Å². The Labute approximate surface area is 196 Å². The summed E-state index contributed by atoms with van der Waals surface area (Å²) >= 11 is 3.37. The lowest BCUT2D eigenvalue weighted by atomic mass is 9.94. The zero-order valence-corrected chi connectivity index (χ0v) is 20.2. The number of hydrogen-bond donors (Lipinski definition) is 1. The van der Waals surface area contributed by atoms with Gasteiger partial charge in [0.2, 0.25) is 0 Å². The lowest BCUT2D eigenvalue weighted by Gasteiger charge is -2.27. The van der Waals surface area contributed by atoms with Crippen LogP contribution in [0.15, 0.2) is 52.5 Å². The number of Topliss-reactive ketones (excluding diaryl/α,β-unsaturated/α-hetero) is 1. The largest absolute Gasteiger partial charge is 0.507 e. The maximum Gasteiger partial charge on any atom is 0.295 e. The lowest BCUT2D eigenvalue weighted by Crippen LogP contribution is -2.32. The van der Waals surface area contributed by atoms with Crippen molar-refractivity contribution in [3.05, 3.63) is 63.6 Å². The average molecular weight is 503 g/mol. The lowest BCUT2D eigenvalue weighted by molar-refractivity contribution is -0.140. The third-order valence-electron chi connectivity index (χ3n) is 5.39. The number of benzene rings is 2. The number of ether oxygens (including phenoxy) is 2. The molecule has 7 nitrogen and oxygen atoms in total. The van der Waals surface area contributed by atoms with Gasteiger partial charge in [0.1, 0.15) is 5.76 Å². The van der Waals surface area contributed by atoms with Crippen LogP contribution in [0.1, 0.15) is 23.6 Å². The molecule has 1 amide bonds. The highest BCUT2D eigenvalue weighted by atomic mass is 79.9. The second-order valence-electron chi connectivity index (χ2n) is 7.74. The molecule has 0 aliphatic carbocycles. The Hall–Kier alpha value is -2.84. The number of methoxy groups -OCH3 is 2. The predicted molar refractivity (Wildman–Crippen MR) is 126 cm³/mol. The Bertz CT molecular complexity index is 1030. The molecule has 1 atom stereocenters. The fourth-order valence-corrected chi connectivity index (χ4v) is 4.15. The van der Waals surface area contributed by atoms with Gasteiger partial charge in [-0.2, -0.15) is 0 Å². The molecule has 1 unspecified atom stereocenters. The Morgan fingerprint density at radius 2 is 1.78 bits per heavy atom. The van der Waals surface area contributed by atoms with E-state index in [9.17, 15) is 14.7 Å². The SMILES string of the molecule is COc1cccc(C2C(=C(O)c3ccc(Br)cc3)C(=O)C(=O)N2CCCN(C)C)c1OC. The van der Waals surface area contributed by atoms with Crippen molar-refractivity contribution in [1.29, 1.82) is 0 Å². The molecule has 1 saturated heterocycles. The van der Waals surface area contributed by atoms with Crippen LogP contribution in [-0.2, 0) is 9.59 Å². The van der Waals surface area contributed by atoms with Gasteiger partial charge in [-0.1, -0.05) is 40.2 Å². The molecule has 32 heavy (non-hydrogen) atoms. The van der Waals surface area contributed by atoms with Crippen molar-refractivity contribution in [2.45, 2.75) is 12.5 Å². The van der Waals surface area contributed by atoms with E-state index in [2.05, 4.69) is 15.9 Å². The first kappa shape index (κ1) is 23.8. The van der Waals surface area contributed by atoms with Crippen LogP contribution >= 0.6 is 15.9 Å². The fraction of sp³-hybridized carbons (Fsp3) is 0.333. The third-order valence-corrected chi connectivity index (χ3v) is 5.92. The Morgan fingerprint density at radius 3 is 2.38 bits per heavy atom. The molecule has 3 rings (SSSR count). The van der Waals surface area contributed by atoms with Crippen molar-refractivity contribution < 1.29 is 24.2 Å². The minimum atomic E-state index is -0.800. The van der Waals surface area contributed by atoms with Crippen LogP contribution in [0.2, 0.25) is 0 Å². The number of amides is 1. The molecule has 1 N–H and O–H groups in total. The number of aliphatic hydroxyl groups excluding tert-OH is 1. The summed E-state index contributed by atoms with van der Waals surface area (Å²) < 4.78 is 11.9. The smallest absolute Gasteiger partial charge is 0.295 e. The first-order valence-electron chi connectivity index (χ1n) is 10.2. The maximum absolute atomic E-state index is 13.1. The molecule has 2 aromatic carbocycles. The van der Waals surface area contributed by atoms with E-state index >= 15 is 0 Å². The molecule has 0 radical (unpaired) electrons. The number of para-hydroxylation sites is 1. The molecule has 1 aliphatic heterocycles. The van der Waals surface area contributed by atoms with Crippen molar-refractivity contribution in [3.8, 4) is 11.5 Å². The number of carbonyl (C=O) groups is 2. The van der Waals surface area contributed by atoms with Gasteiger partial charge in [-0.05, 0) is 45.3 Å². The molecule has 1 heterocycles. The molecule has 0 bridgehead atoms. The molecule has 8 heteroatoms. The van der Waals surface area contributed by atoms with E-state index in [0.29, 0.717) is 35.6 Å². The third kappa shape index (κ3) is 4.66. The van der Waals surface area contributed by atoms with Gasteiger partial charge in [-0.25, -0.2) is 0 Å². The highest BCUT2D eigenvalue weighted by Crippen LogP contribution is 2.45. The Balaban J connectivity index is 2.19. The first-order valence-corrected chi connectivity index (χ1v) is 11.0. The molecule has 1 fully saturated rings. The highest BCUT2D eigenvalue weighted by molar-refractivity contribution is 9.10. The minimum absolute atomic E-state index is 0.0359. The first-order chi connectivity index (χ1) is 15.3. The summed E-state index contributed by atoms with van der Waals surface area (Å²) in [6.45, 7) is 1.10. The number of aliphatic hydroxyl groups is 1. The highest BCUT2D eigenvalue weighted by Gasteiger charge is 2.47. The van der Waals surface area contributed by atoms with Crippen LogP contribution in [0.3, 0.4) is 0 Å². The van der Waals surface area contributed by atoms with Gasteiger partial charge < -0.3 is 24.4 Å². The van der Waals surface area contributed by atoms with E-state index < -0.39 is 17.7 Å². The second-order valence-corrected chi connectivity index (χ2v) is 8.65. The standard InChI is InChI=1S/C24H27BrN2O5/c1-26(2)13-6-14-27-20(17-7-5-8-18(31-3)23(17)32-4)19(22(29)24(27)30)21(28)15-9-11-16(25)12-10-15/h5,7-12,20,28H,6,13-14H2,1-4H3. The number of nitrogens with zero attached hydrogens (tertiary/aromatic N) is 2. The summed E-state index contributed by atoms with van der Waals surface area (Å²) in [5.74, 6) is -0.683. The summed E-state index contributed by atoms with van der Waals surface area (Å²) in [5.41, 5.74) is 1.06. The van der Waals surface area contributed by atoms with Crippen molar-refractivity contribution in [2.24, 2.45) is 0 Å². The van der Waals surface area contributed by atoms with Gasteiger partial charge in [0, 0.05) is 22.1 Å².